The zero-order valence-electron chi connectivity index (χ0n) is 8.29. The van der Waals surface area contributed by atoms with Crippen molar-refractivity contribution in [3.8, 4) is 6.07 Å². The van der Waals surface area contributed by atoms with Crippen molar-refractivity contribution in [3.63, 3.8) is 0 Å². The fourth-order valence-corrected chi connectivity index (χ4v) is 0.719. The van der Waals surface area contributed by atoms with Gasteiger partial charge in [-0.3, -0.25) is 4.79 Å². The van der Waals surface area contributed by atoms with Crippen LogP contribution in [0.2, 0.25) is 0 Å². The van der Waals surface area contributed by atoms with Crippen molar-refractivity contribution in [1.29, 1.82) is 5.26 Å². The fraction of sp³-hybridized carbons (Fsp3) is 0.778. The molecule has 0 bridgehead atoms. The summed E-state index contributed by atoms with van der Waals surface area (Å²) in [6, 6.07) is 1.66. The summed E-state index contributed by atoms with van der Waals surface area (Å²) in [5, 5.41) is 20.0. The van der Waals surface area contributed by atoms with E-state index in [4.69, 9.17) is 10.4 Å². The highest BCUT2D eigenvalue weighted by Gasteiger charge is 2.31. The zero-order valence-corrected chi connectivity index (χ0v) is 8.29. The fourth-order valence-electron chi connectivity index (χ4n) is 0.719. The van der Waals surface area contributed by atoms with Crippen molar-refractivity contribution in [2.45, 2.75) is 33.2 Å². The smallest absolute Gasteiger partial charge is 0.240 e. The van der Waals surface area contributed by atoms with E-state index in [2.05, 4.69) is 5.32 Å². The summed E-state index contributed by atoms with van der Waals surface area (Å²) in [5.74, 6) is -0.320. The van der Waals surface area contributed by atoms with Gasteiger partial charge in [-0.25, -0.2) is 0 Å². The Kier molecular flexibility index (Phi) is 4.43. The molecule has 0 aliphatic rings. The Morgan fingerprint density at radius 2 is 2.31 bits per heavy atom. The summed E-state index contributed by atoms with van der Waals surface area (Å²) in [5.41, 5.74) is -0.983. The number of nitriles is 1. The minimum Gasteiger partial charge on any atom is -0.394 e. The standard InChI is InChI=1S/C9H16N2O2/c1-4-9(3,6-10)8(13)11-7(2)5-12/h7,12H,4-5H2,1-3H3,(H,11,13)/t7-,9?/m1/s1. The predicted molar refractivity (Wildman–Crippen MR) is 48.7 cm³/mol. The van der Waals surface area contributed by atoms with E-state index in [9.17, 15) is 4.79 Å². The minimum absolute atomic E-state index is 0.114. The molecule has 0 aliphatic carbocycles. The highest BCUT2D eigenvalue weighted by Crippen LogP contribution is 2.19. The first-order valence-electron chi connectivity index (χ1n) is 4.33. The Labute approximate surface area is 78.6 Å². The summed E-state index contributed by atoms with van der Waals surface area (Å²) in [6.07, 6.45) is 0.466. The number of aliphatic hydroxyl groups is 1. The third kappa shape index (κ3) is 3.03. The highest BCUT2D eigenvalue weighted by atomic mass is 16.3. The third-order valence-corrected chi connectivity index (χ3v) is 2.11. The van der Waals surface area contributed by atoms with E-state index in [0.717, 1.165) is 0 Å². The Balaban J connectivity index is 4.34. The lowest BCUT2D eigenvalue weighted by Gasteiger charge is -2.21. The van der Waals surface area contributed by atoms with Crippen LogP contribution in [0.1, 0.15) is 27.2 Å². The van der Waals surface area contributed by atoms with Crippen molar-refractivity contribution in [2.75, 3.05) is 6.61 Å². The molecule has 0 fully saturated rings. The van der Waals surface area contributed by atoms with Crippen LogP contribution in [0.25, 0.3) is 0 Å². The molecule has 13 heavy (non-hydrogen) atoms. The van der Waals surface area contributed by atoms with Crippen LogP contribution in [0.15, 0.2) is 0 Å². The molecule has 0 heterocycles. The van der Waals surface area contributed by atoms with Gasteiger partial charge in [0.1, 0.15) is 5.41 Å². The molecule has 1 unspecified atom stereocenters. The van der Waals surface area contributed by atoms with Gasteiger partial charge in [-0.15, -0.1) is 0 Å². The van der Waals surface area contributed by atoms with Gasteiger partial charge in [0.15, 0.2) is 0 Å². The molecule has 2 atom stereocenters. The van der Waals surface area contributed by atoms with Gasteiger partial charge < -0.3 is 10.4 Å². The molecule has 2 N–H and O–H groups in total. The molecule has 4 nitrogen and oxygen atoms in total. The summed E-state index contributed by atoms with van der Waals surface area (Å²) in [4.78, 5) is 11.5. The monoisotopic (exact) mass is 184 g/mol. The van der Waals surface area contributed by atoms with E-state index in [1.807, 2.05) is 6.07 Å². The van der Waals surface area contributed by atoms with E-state index >= 15 is 0 Å². The molecule has 74 valence electrons. The van der Waals surface area contributed by atoms with Gasteiger partial charge >= 0.3 is 0 Å². The molecule has 0 aromatic rings. The van der Waals surface area contributed by atoms with E-state index in [0.29, 0.717) is 6.42 Å². The molecular formula is C9H16N2O2. The summed E-state index contributed by atoms with van der Waals surface area (Å²) in [7, 11) is 0. The molecule has 0 saturated heterocycles. The molecule has 1 amide bonds. The van der Waals surface area contributed by atoms with Crippen molar-refractivity contribution >= 4 is 5.91 Å². The maximum absolute atomic E-state index is 11.5. The first-order chi connectivity index (χ1) is 6.00. The second-order valence-corrected chi connectivity index (χ2v) is 3.35. The number of rotatable bonds is 4. The SMILES string of the molecule is CCC(C)(C#N)C(=O)N[C@H](C)CO. The molecule has 0 radical (unpaired) electrons. The van der Waals surface area contributed by atoms with Gasteiger partial charge in [0.25, 0.3) is 0 Å². The van der Waals surface area contributed by atoms with Crippen molar-refractivity contribution in [3.05, 3.63) is 0 Å². The summed E-state index contributed by atoms with van der Waals surface area (Å²) >= 11 is 0. The lowest BCUT2D eigenvalue weighted by atomic mass is 9.88. The Morgan fingerprint density at radius 3 is 2.62 bits per heavy atom. The number of aliphatic hydroxyl groups excluding tert-OH is 1. The van der Waals surface area contributed by atoms with Crippen molar-refractivity contribution < 1.29 is 9.90 Å². The number of nitrogens with one attached hydrogen (secondary N) is 1. The van der Waals surface area contributed by atoms with Gasteiger partial charge in [0.05, 0.1) is 12.7 Å². The van der Waals surface area contributed by atoms with Crippen LogP contribution in [-0.4, -0.2) is 23.7 Å². The van der Waals surface area contributed by atoms with E-state index in [1.54, 1.807) is 20.8 Å². The summed E-state index contributed by atoms with van der Waals surface area (Å²) < 4.78 is 0. The number of hydrogen-bond donors (Lipinski definition) is 2. The van der Waals surface area contributed by atoms with Crippen molar-refractivity contribution in [2.24, 2.45) is 5.41 Å². The van der Waals surface area contributed by atoms with Crippen LogP contribution in [0, 0.1) is 16.7 Å². The van der Waals surface area contributed by atoms with Gasteiger partial charge in [-0.1, -0.05) is 6.92 Å². The van der Waals surface area contributed by atoms with Crippen LogP contribution in [-0.2, 0) is 4.79 Å². The molecule has 0 aromatic carbocycles. The maximum atomic E-state index is 11.5. The van der Waals surface area contributed by atoms with Crippen LogP contribution < -0.4 is 5.32 Å². The van der Waals surface area contributed by atoms with Crippen LogP contribution in [0.5, 0.6) is 0 Å². The van der Waals surface area contributed by atoms with Crippen LogP contribution in [0.3, 0.4) is 0 Å². The van der Waals surface area contributed by atoms with E-state index in [1.165, 1.54) is 0 Å². The molecule has 0 aromatic heterocycles. The van der Waals surface area contributed by atoms with Gasteiger partial charge in [0.2, 0.25) is 5.91 Å². The Hall–Kier alpha value is -1.08. The Morgan fingerprint density at radius 1 is 1.77 bits per heavy atom. The zero-order chi connectivity index (χ0) is 10.5. The number of amides is 1. The first kappa shape index (κ1) is 11.9. The topological polar surface area (TPSA) is 73.1 Å². The minimum atomic E-state index is -0.983. The average molecular weight is 184 g/mol. The number of carbonyl (C=O) groups excluding carboxylic acids is 1. The van der Waals surface area contributed by atoms with Gasteiger partial charge in [0, 0.05) is 6.04 Å². The second-order valence-electron chi connectivity index (χ2n) is 3.35. The van der Waals surface area contributed by atoms with Crippen LogP contribution >= 0.6 is 0 Å². The molecule has 0 spiro atoms. The van der Waals surface area contributed by atoms with E-state index < -0.39 is 5.41 Å². The highest BCUT2D eigenvalue weighted by molar-refractivity contribution is 5.85. The molecule has 0 aliphatic heterocycles. The molecule has 0 rings (SSSR count). The summed E-state index contributed by atoms with van der Waals surface area (Å²) in [6.45, 7) is 4.95. The lowest BCUT2D eigenvalue weighted by Crippen LogP contribution is -2.43. The van der Waals surface area contributed by atoms with Crippen LogP contribution in [0.4, 0.5) is 0 Å². The normalized spacial score (nSPS) is 16.8. The van der Waals surface area contributed by atoms with Gasteiger partial charge in [-0.2, -0.15) is 5.26 Å². The third-order valence-electron chi connectivity index (χ3n) is 2.11. The number of carbonyl (C=O) groups is 1. The number of nitrogens with zero attached hydrogens (tertiary/aromatic N) is 1. The molecular weight excluding hydrogens is 168 g/mol. The lowest BCUT2D eigenvalue weighted by molar-refractivity contribution is -0.128. The molecule has 4 heteroatoms. The quantitative estimate of drug-likeness (QED) is 0.665. The largest absolute Gasteiger partial charge is 0.394 e. The van der Waals surface area contributed by atoms with Crippen molar-refractivity contribution in [1.82, 2.24) is 5.32 Å². The number of hydrogen-bond acceptors (Lipinski definition) is 3. The van der Waals surface area contributed by atoms with Gasteiger partial charge in [-0.05, 0) is 20.3 Å². The van der Waals surface area contributed by atoms with E-state index in [-0.39, 0.29) is 18.6 Å². The predicted octanol–water partition coefficient (Wildman–Crippen LogP) is 0.423. The second kappa shape index (κ2) is 4.83. The Bertz CT molecular complexity index is 222. The maximum Gasteiger partial charge on any atom is 0.240 e. The first-order valence-corrected chi connectivity index (χ1v) is 4.33. The molecule has 0 saturated carbocycles. The average Bonchev–Trinajstić information content (AvgIpc) is 2.16.